The van der Waals surface area contributed by atoms with Crippen LogP contribution in [0.5, 0.6) is 0 Å². The number of rotatable bonds is 4. The number of amides is 1. The molecule has 122 valence electrons. The molecule has 2 atom stereocenters. The smallest absolute Gasteiger partial charge is 0.258 e. The molecule has 0 spiro atoms. The summed E-state index contributed by atoms with van der Waals surface area (Å²) in [6.07, 6.45) is 0. The lowest BCUT2D eigenvalue weighted by molar-refractivity contribution is 0.0775. The first kappa shape index (κ1) is 17.2. The standard InChI is InChI=1S/C16H22ClFN2O2/c1-10-4-5-13(18)14(15(10)17)16(22)20-7-11(6-19(2)3)12(8-20)9-21/h4-5,11-12,21H,6-9H2,1-3H3/t11-,12-/m1/s1. The molecule has 0 saturated carbocycles. The van der Waals surface area contributed by atoms with Gasteiger partial charge in [0.15, 0.2) is 0 Å². The minimum atomic E-state index is -0.600. The molecule has 0 aliphatic carbocycles. The van der Waals surface area contributed by atoms with E-state index in [9.17, 15) is 14.3 Å². The SMILES string of the molecule is Cc1ccc(F)c(C(=O)N2C[C@@H](CN(C)C)[C@@H](CO)C2)c1Cl. The highest BCUT2D eigenvalue weighted by atomic mass is 35.5. The maximum atomic E-state index is 14.0. The molecule has 2 rings (SSSR count). The number of hydrogen-bond acceptors (Lipinski definition) is 3. The van der Waals surface area contributed by atoms with Gasteiger partial charge in [-0.3, -0.25) is 4.79 Å². The number of nitrogens with zero attached hydrogens (tertiary/aromatic N) is 2. The first-order valence-electron chi connectivity index (χ1n) is 7.34. The van der Waals surface area contributed by atoms with Crippen LogP contribution in [0.1, 0.15) is 15.9 Å². The Morgan fingerprint density at radius 3 is 2.64 bits per heavy atom. The number of benzene rings is 1. The maximum absolute atomic E-state index is 14.0. The molecule has 22 heavy (non-hydrogen) atoms. The predicted molar refractivity (Wildman–Crippen MR) is 84.7 cm³/mol. The fraction of sp³-hybridized carbons (Fsp3) is 0.562. The van der Waals surface area contributed by atoms with Crippen molar-refractivity contribution in [2.24, 2.45) is 11.8 Å². The van der Waals surface area contributed by atoms with E-state index in [1.165, 1.54) is 6.07 Å². The van der Waals surface area contributed by atoms with Crippen LogP contribution in [0.25, 0.3) is 0 Å². The summed E-state index contributed by atoms with van der Waals surface area (Å²) < 4.78 is 14.0. The van der Waals surface area contributed by atoms with Crippen LogP contribution < -0.4 is 0 Å². The molecule has 0 bridgehead atoms. The van der Waals surface area contributed by atoms with Crippen LogP contribution >= 0.6 is 11.6 Å². The Hall–Kier alpha value is -1.17. The number of aliphatic hydroxyl groups excluding tert-OH is 1. The normalized spacial score (nSPS) is 21.7. The van der Waals surface area contributed by atoms with Crippen LogP contribution in [0.15, 0.2) is 12.1 Å². The van der Waals surface area contributed by atoms with E-state index in [0.29, 0.717) is 18.7 Å². The van der Waals surface area contributed by atoms with Crippen LogP contribution in [0, 0.1) is 24.6 Å². The van der Waals surface area contributed by atoms with Gasteiger partial charge < -0.3 is 14.9 Å². The van der Waals surface area contributed by atoms with Crippen LogP contribution in [0.3, 0.4) is 0 Å². The average molecular weight is 329 g/mol. The zero-order valence-corrected chi connectivity index (χ0v) is 13.9. The van der Waals surface area contributed by atoms with E-state index >= 15 is 0 Å². The fourth-order valence-electron chi connectivity index (χ4n) is 3.00. The Morgan fingerprint density at radius 1 is 1.41 bits per heavy atom. The van der Waals surface area contributed by atoms with Gasteiger partial charge in [-0.2, -0.15) is 0 Å². The number of carbonyl (C=O) groups is 1. The fourth-order valence-corrected chi connectivity index (χ4v) is 3.23. The Kier molecular flexibility index (Phi) is 5.42. The van der Waals surface area contributed by atoms with Crippen molar-refractivity contribution >= 4 is 17.5 Å². The van der Waals surface area contributed by atoms with Gasteiger partial charge in [0.05, 0.1) is 10.6 Å². The highest BCUT2D eigenvalue weighted by Crippen LogP contribution is 2.29. The van der Waals surface area contributed by atoms with Gasteiger partial charge in [-0.1, -0.05) is 17.7 Å². The topological polar surface area (TPSA) is 43.8 Å². The van der Waals surface area contributed by atoms with Crippen LogP contribution in [0.4, 0.5) is 4.39 Å². The molecule has 0 unspecified atom stereocenters. The third-order valence-corrected chi connectivity index (χ3v) is 4.68. The maximum Gasteiger partial charge on any atom is 0.258 e. The Morgan fingerprint density at radius 2 is 2.05 bits per heavy atom. The average Bonchev–Trinajstić information content (AvgIpc) is 2.85. The summed E-state index contributed by atoms with van der Waals surface area (Å²) in [5.74, 6) is -0.809. The van der Waals surface area contributed by atoms with Crippen molar-refractivity contribution < 1.29 is 14.3 Å². The Labute approximate surface area is 135 Å². The Balaban J connectivity index is 2.23. The van der Waals surface area contributed by atoms with Gasteiger partial charge in [-0.05, 0) is 38.6 Å². The predicted octanol–water partition coefficient (Wildman–Crippen LogP) is 2.03. The number of likely N-dealkylation sites (tertiary alicyclic amines) is 1. The van der Waals surface area contributed by atoms with Gasteiger partial charge in [-0.15, -0.1) is 0 Å². The number of halogens is 2. The number of carbonyl (C=O) groups excluding carboxylic acids is 1. The molecule has 1 heterocycles. The van der Waals surface area contributed by atoms with E-state index in [-0.39, 0.29) is 29.0 Å². The summed E-state index contributed by atoms with van der Waals surface area (Å²) in [6, 6.07) is 2.83. The highest BCUT2D eigenvalue weighted by Gasteiger charge is 2.36. The first-order chi connectivity index (χ1) is 10.3. The molecule has 1 aliphatic heterocycles. The molecule has 4 nitrogen and oxygen atoms in total. The zero-order chi connectivity index (χ0) is 16.4. The second-order valence-electron chi connectivity index (χ2n) is 6.23. The lowest BCUT2D eigenvalue weighted by atomic mass is 9.97. The van der Waals surface area contributed by atoms with E-state index < -0.39 is 11.7 Å². The van der Waals surface area contributed by atoms with Gasteiger partial charge >= 0.3 is 0 Å². The minimum Gasteiger partial charge on any atom is -0.396 e. The van der Waals surface area contributed by atoms with Crippen molar-refractivity contribution in [2.45, 2.75) is 6.92 Å². The second-order valence-corrected chi connectivity index (χ2v) is 6.61. The zero-order valence-electron chi connectivity index (χ0n) is 13.1. The minimum absolute atomic E-state index is 0.0120. The van der Waals surface area contributed by atoms with Crippen molar-refractivity contribution in [3.05, 3.63) is 34.1 Å². The van der Waals surface area contributed by atoms with E-state index in [1.807, 2.05) is 19.0 Å². The molecule has 1 fully saturated rings. The molecule has 1 aliphatic rings. The monoisotopic (exact) mass is 328 g/mol. The molecule has 1 N–H and O–H groups in total. The number of aliphatic hydroxyl groups is 1. The van der Waals surface area contributed by atoms with Crippen molar-refractivity contribution in [3.63, 3.8) is 0 Å². The van der Waals surface area contributed by atoms with Gasteiger partial charge in [-0.25, -0.2) is 4.39 Å². The molecule has 0 radical (unpaired) electrons. The second kappa shape index (κ2) is 6.94. The largest absolute Gasteiger partial charge is 0.396 e. The van der Waals surface area contributed by atoms with Crippen molar-refractivity contribution in [3.8, 4) is 0 Å². The van der Waals surface area contributed by atoms with E-state index in [1.54, 1.807) is 17.9 Å². The summed E-state index contributed by atoms with van der Waals surface area (Å²) >= 11 is 6.12. The molecular formula is C16H22ClFN2O2. The quantitative estimate of drug-likeness (QED) is 0.919. The lowest BCUT2D eigenvalue weighted by Crippen LogP contribution is -2.31. The molecule has 0 aromatic heterocycles. The van der Waals surface area contributed by atoms with Crippen LogP contribution in [-0.2, 0) is 0 Å². The third kappa shape index (κ3) is 3.42. The summed E-state index contributed by atoms with van der Waals surface area (Å²) in [4.78, 5) is 16.3. The molecule has 1 amide bonds. The first-order valence-corrected chi connectivity index (χ1v) is 7.72. The molecular weight excluding hydrogens is 307 g/mol. The third-order valence-electron chi connectivity index (χ3n) is 4.20. The van der Waals surface area contributed by atoms with E-state index in [4.69, 9.17) is 11.6 Å². The summed E-state index contributed by atoms with van der Waals surface area (Å²) in [5, 5.41) is 9.68. The Bertz CT molecular complexity index is 565. The van der Waals surface area contributed by atoms with E-state index in [0.717, 1.165) is 6.54 Å². The van der Waals surface area contributed by atoms with Gasteiger partial charge in [0.2, 0.25) is 0 Å². The highest BCUT2D eigenvalue weighted by molar-refractivity contribution is 6.34. The number of aryl methyl sites for hydroxylation is 1. The van der Waals surface area contributed by atoms with Gasteiger partial charge in [0, 0.05) is 32.2 Å². The summed E-state index contributed by atoms with van der Waals surface area (Å²) in [6.45, 7) is 3.47. The van der Waals surface area contributed by atoms with E-state index in [2.05, 4.69) is 0 Å². The van der Waals surface area contributed by atoms with Crippen molar-refractivity contribution in [1.29, 1.82) is 0 Å². The molecule has 1 aromatic carbocycles. The van der Waals surface area contributed by atoms with Gasteiger partial charge in [0.1, 0.15) is 5.82 Å². The summed E-state index contributed by atoms with van der Waals surface area (Å²) in [5.41, 5.74) is 0.609. The molecule has 1 saturated heterocycles. The lowest BCUT2D eigenvalue weighted by Gasteiger charge is -2.20. The van der Waals surface area contributed by atoms with Crippen molar-refractivity contribution in [2.75, 3.05) is 40.3 Å². The van der Waals surface area contributed by atoms with Crippen LogP contribution in [-0.4, -0.2) is 61.2 Å². The molecule has 6 heteroatoms. The summed E-state index contributed by atoms with van der Waals surface area (Å²) in [7, 11) is 3.91. The number of hydrogen-bond donors (Lipinski definition) is 1. The van der Waals surface area contributed by atoms with Gasteiger partial charge in [0.25, 0.3) is 5.91 Å². The van der Waals surface area contributed by atoms with Crippen LogP contribution in [0.2, 0.25) is 5.02 Å². The molecule has 1 aromatic rings. The van der Waals surface area contributed by atoms with Crippen molar-refractivity contribution in [1.82, 2.24) is 9.80 Å².